The second-order valence-corrected chi connectivity index (χ2v) is 21.0. The summed E-state index contributed by atoms with van der Waals surface area (Å²) >= 11 is 0. The van der Waals surface area contributed by atoms with Crippen molar-refractivity contribution in [1.82, 2.24) is 0 Å². The first-order chi connectivity index (χ1) is 33.7. The molecule has 0 spiro atoms. The molecule has 0 N–H and O–H groups in total. The van der Waals surface area contributed by atoms with Crippen LogP contribution in [0.3, 0.4) is 0 Å². The summed E-state index contributed by atoms with van der Waals surface area (Å²) in [5.41, 5.74) is 22.3. The smallest absolute Gasteiger partial charge is 0.252 e. The molecule has 3 nitrogen and oxygen atoms in total. The Labute approximate surface area is 408 Å². The highest BCUT2D eigenvalue weighted by molar-refractivity contribution is 7.00. The van der Waals surface area contributed by atoms with E-state index >= 15 is 0 Å². The van der Waals surface area contributed by atoms with Gasteiger partial charge in [-0.2, -0.15) is 0 Å². The second-order valence-electron chi connectivity index (χ2n) is 21.0. The molecule has 3 heterocycles. The van der Waals surface area contributed by atoms with E-state index in [1.165, 1.54) is 102 Å². The number of para-hydroxylation sites is 3. The zero-order valence-corrected chi connectivity index (χ0v) is 40.0. The van der Waals surface area contributed by atoms with E-state index in [4.69, 9.17) is 0 Å². The molecule has 2 atom stereocenters. The molecule has 0 aromatic heterocycles. The van der Waals surface area contributed by atoms with Gasteiger partial charge in [-0.05, 0) is 135 Å². The summed E-state index contributed by atoms with van der Waals surface area (Å²) in [6.45, 7) is 9.56. The predicted molar refractivity (Wildman–Crippen MR) is 293 cm³/mol. The summed E-state index contributed by atoms with van der Waals surface area (Å²) in [7, 11) is 0. The first-order valence-corrected chi connectivity index (χ1v) is 25.0. The van der Waals surface area contributed by atoms with Gasteiger partial charge < -0.3 is 14.7 Å². The van der Waals surface area contributed by atoms with Crippen molar-refractivity contribution in [1.29, 1.82) is 0 Å². The molecule has 1 saturated carbocycles. The van der Waals surface area contributed by atoms with Crippen molar-refractivity contribution in [3.05, 3.63) is 235 Å². The maximum absolute atomic E-state index is 2.79. The molecule has 4 heteroatoms. The van der Waals surface area contributed by atoms with Gasteiger partial charge >= 0.3 is 0 Å². The van der Waals surface area contributed by atoms with E-state index in [1.54, 1.807) is 0 Å². The van der Waals surface area contributed by atoms with Crippen LogP contribution in [0.5, 0.6) is 0 Å². The lowest BCUT2D eigenvalue weighted by Crippen LogP contribution is -2.61. The lowest BCUT2D eigenvalue weighted by Gasteiger charge is -2.53. The average molecular weight is 890 g/mol. The first kappa shape index (κ1) is 41.6. The number of rotatable bonds is 6. The van der Waals surface area contributed by atoms with E-state index in [-0.39, 0.29) is 23.1 Å². The van der Waals surface area contributed by atoms with Gasteiger partial charge in [-0.1, -0.05) is 197 Å². The van der Waals surface area contributed by atoms with E-state index < -0.39 is 0 Å². The third-order valence-electron chi connectivity index (χ3n) is 16.3. The Morgan fingerprint density at radius 1 is 0.420 bits per heavy atom. The summed E-state index contributed by atoms with van der Waals surface area (Å²) < 4.78 is 0. The predicted octanol–water partition coefficient (Wildman–Crippen LogP) is 15.2. The normalized spacial score (nSPS) is 18.8. The zero-order chi connectivity index (χ0) is 46.5. The van der Waals surface area contributed by atoms with Gasteiger partial charge in [0.2, 0.25) is 0 Å². The molecular formula is C65H56BN3. The van der Waals surface area contributed by atoms with E-state index in [1.807, 2.05) is 0 Å². The van der Waals surface area contributed by atoms with Crippen LogP contribution in [-0.2, 0) is 10.8 Å². The fraction of sp³-hybridized carbons (Fsp3) is 0.169. The molecular weight excluding hydrogens is 834 g/mol. The van der Waals surface area contributed by atoms with Crippen LogP contribution in [0, 0.1) is 0 Å². The molecule has 334 valence electrons. The Morgan fingerprint density at radius 2 is 0.971 bits per heavy atom. The van der Waals surface area contributed by atoms with Gasteiger partial charge in [0.1, 0.15) is 0 Å². The maximum Gasteiger partial charge on any atom is 0.252 e. The molecule has 69 heavy (non-hydrogen) atoms. The van der Waals surface area contributed by atoms with Gasteiger partial charge in [0.05, 0.1) is 5.54 Å². The molecule has 0 radical (unpaired) electrons. The summed E-state index contributed by atoms with van der Waals surface area (Å²) in [5.74, 6) is 0. The highest BCUT2D eigenvalue weighted by Gasteiger charge is 2.61. The molecule has 3 aliphatic heterocycles. The maximum atomic E-state index is 2.79. The fourth-order valence-electron chi connectivity index (χ4n) is 13.1. The standard InChI is InChI=1S/C65H56BN3/c1-63(2,3)49-34-36-50(37-35-49)65-40-19-18-39-64(65,4)69(57-31-16-14-29-54(57)65)53-43-60-62-61(44-53)68(52-28-20-25-47(41-52)45-21-8-5-9-22-45)59-42-48(46-23-10-6-11-24-46)33-38-56(59)66(62)55-30-15-17-32-58(55)67(60)51-26-12-7-13-27-51/h5-17,20-38,41-44H,18-19,39-40H2,1-4H3. The van der Waals surface area contributed by atoms with Gasteiger partial charge in [-0.15, -0.1) is 0 Å². The SMILES string of the molecule is CC(C)(C)c1ccc(C23CCCCC2(C)N(c2cc4c5c(c2)N(c2cccc(-c6ccccc6)c2)c2cc(-c6ccccc6)ccc2B5c2ccccc2N4c2ccccc2)c2ccccc23)cc1. The van der Waals surface area contributed by atoms with Crippen molar-refractivity contribution in [2.45, 2.75) is 69.7 Å². The monoisotopic (exact) mass is 889 g/mol. The van der Waals surface area contributed by atoms with Crippen molar-refractivity contribution < 1.29 is 0 Å². The second kappa shape index (κ2) is 15.8. The highest BCUT2D eigenvalue weighted by atomic mass is 15.3. The van der Waals surface area contributed by atoms with Gasteiger partial charge in [0.15, 0.2) is 0 Å². The Bertz CT molecular complexity index is 3410. The van der Waals surface area contributed by atoms with Crippen LogP contribution in [0.4, 0.5) is 45.5 Å². The van der Waals surface area contributed by atoms with Crippen LogP contribution in [-0.4, -0.2) is 12.3 Å². The van der Waals surface area contributed by atoms with Gasteiger partial charge in [0, 0.05) is 50.9 Å². The number of hydrogen-bond donors (Lipinski definition) is 0. The number of benzene rings is 9. The molecule has 0 amide bonds. The summed E-state index contributed by atoms with van der Waals surface area (Å²) in [5, 5.41) is 0. The van der Waals surface area contributed by atoms with Gasteiger partial charge in [0.25, 0.3) is 6.71 Å². The van der Waals surface area contributed by atoms with E-state index in [2.05, 4.69) is 261 Å². The minimum atomic E-state index is -0.256. The van der Waals surface area contributed by atoms with Crippen LogP contribution in [0.2, 0.25) is 0 Å². The molecule has 1 fully saturated rings. The van der Waals surface area contributed by atoms with Crippen LogP contribution < -0.4 is 31.1 Å². The van der Waals surface area contributed by atoms with E-state index in [0.29, 0.717) is 0 Å². The molecule has 0 bridgehead atoms. The average Bonchev–Trinajstić information content (AvgIpc) is 3.64. The van der Waals surface area contributed by atoms with Crippen molar-refractivity contribution in [3.8, 4) is 22.3 Å². The summed E-state index contributed by atoms with van der Waals surface area (Å²) in [6, 6.07) is 82.7. The minimum Gasteiger partial charge on any atom is -0.334 e. The quantitative estimate of drug-likeness (QED) is 0.154. The van der Waals surface area contributed by atoms with Crippen LogP contribution >= 0.6 is 0 Å². The van der Waals surface area contributed by atoms with Crippen molar-refractivity contribution in [2.75, 3.05) is 14.7 Å². The minimum absolute atomic E-state index is 0.00476. The number of hydrogen-bond acceptors (Lipinski definition) is 3. The van der Waals surface area contributed by atoms with Crippen LogP contribution in [0.1, 0.15) is 70.1 Å². The summed E-state index contributed by atoms with van der Waals surface area (Å²) in [6.07, 6.45) is 4.55. The highest BCUT2D eigenvalue weighted by Crippen LogP contribution is 2.64. The van der Waals surface area contributed by atoms with Crippen LogP contribution in [0.25, 0.3) is 22.3 Å². The molecule has 2 unspecified atom stereocenters. The van der Waals surface area contributed by atoms with Crippen molar-refractivity contribution >= 4 is 68.6 Å². The first-order valence-electron chi connectivity index (χ1n) is 25.0. The van der Waals surface area contributed by atoms with Gasteiger partial charge in [-0.25, -0.2) is 0 Å². The lowest BCUT2D eigenvalue weighted by molar-refractivity contribution is 0.215. The Morgan fingerprint density at radius 3 is 1.67 bits per heavy atom. The third kappa shape index (κ3) is 6.27. The van der Waals surface area contributed by atoms with E-state index in [9.17, 15) is 0 Å². The van der Waals surface area contributed by atoms with Gasteiger partial charge in [-0.3, -0.25) is 0 Å². The summed E-state index contributed by atoms with van der Waals surface area (Å²) in [4.78, 5) is 7.96. The largest absolute Gasteiger partial charge is 0.334 e. The van der Waals surface area contributed by atoms with Crippen LogP contribution in [0.15, 0.2) is 218 Å². The number of anilines is 8. The van der Waals surface area contributed by atoms with E-state index in [0.717, 1.165) is 24.2 Å². The Hall–Kier alpha value is -7.56. The Balaban J connectivity index is 1.12. The van der Waals surface area contributed by atoms with Crippen molar-refractivity contribution in [2.24, 2.45) is 0 Å². The Kier molecular flexibility index (Phi) is 9.50. The molecule has 1 aliphatic carbocycles. The lowest BCUT2D eigenvalue weighted by atomic mass is 9.33. The number of fused-ring (bicyclic) bond motifs is 7. The molecule has 0 saturated heterocycles. The topological polar surface area (TPSA) is 9.72 Å². The van der Waals surface area contributed by atoms with Crippen molar-refractivity contribution in [3.63, 3.8) is 0 Å². The molecule has 9 aromatic carbocycles. The number of nitrogens with zero attached hydrogens (tertiary/aromatic N) is 3. The fourth-order valence-corrected chi connectivity index (χ4v) is 13.1. The molecule has 9 aromatic rings. The third-order valence-corrected chi connectivity index (χ3v) is 16.3. The molecule has 4 aliphatic rings. The zero-order valence-electron chi connectivity index (χ0n) is 40.0. The molecule has 13 rings (SSSR count).